The second-order valence-electron chi connectivity index (χ2n) is 3.16. The van der Waals surface area contributed by atoms with Crippen LogP contribution in [0, 0.1) is 10.6 Å². The van der Waals surface area contributed by atoms with Crippen LogP contribution in [0.4, 0.5) is 8.78 Å². The fourth-order valence-electron chi connectivity index (χ4n) is 1.26. The van der Waals surface area contributed by atoms with E-state index in [0.29, 0.717) is 15.0 Å². The first kappa shape index (κ1) is 13.3. The summed E-state index contributed by atoms with van der Waals surface area (Å²) in [5.74, 6) is -0.488. The Morgan fingerprint density at radius 3 is 2.75 bits per heavy atom. The van der Waals surface area contributed by atoms with Gasteiger partial charge in [-0.3, -0.25) is 4.79 Å². The van der Waals surface area contributed by atoms with E-state index in [1.165, 1.54) is 20.1 Å². The molecule has 0 radical (unpaired) electrons. The quantitative estimate of drug-likeness (QED) is 0.482. The fourth-order valence-corrected chi connectivity index (χ4v) is 1.88. The molecular formula is C10H10F2INO2. The van der Waals surface area contributed by atoms with Crippen LogP contribution in [0.25, 0.3) is 0 Å². The zero-order chi connectivity index (χ0) is 12.3. The summed E-state index contributed by atoms with van der Waals surface area (Å²) in [5, 5.41) is 0. The van der Waals surface area contributed by atoms with Crippen molar-refractivity contribution in [1.29, 1.82) is 0 Å². The molecule has 88 valence electrons. The Morgan fingerprint density at radius 2 is 2.25 bits per heavy atom. The molecular weight excluding hydrogens is 331 g/mol. The van der Waals surface area contributed by atoms with Crippen LogP contribution in [0.3, 0.4) is 0 Å². The maximum absolute atomic E-state index is 12.7. The molecule has 0 saturated heterocycles. The number of esters is 1. The third kappa shape index (κ3) is 3.10. The number of hydrogen-bond acceptors (Lipinski definition) is 3. The van der Waals surface area contributed by atoms with Gasteiger partial charge >= 0.3 is 5.97 Å². The van der Waals surface area contributed by atoms with Crippen molar-refractivity contribution in [3.8, 4) is 0 Å². The predicted octanol–water partition coefficient (Wildman–Crippen LogP) is 2.65. The molecule has 1 heterocycles. The third-order valence-electron chi connectivity index (χ3n) is 2.16. The number of carbonyl (C=O) groups is 1. The van der Waals surface area contributed by atoms with Crippen molar-refractivity contribution in [1.82, 2.24) is 4.98 Å². The first-order chi connectivity index (χ1) is 7.45. The molecule has 0 unspecified atom stereocenters. The third-order valence-corrected chi connectivity index (χ3v) is 2.71. The van der Waals surface area contributed by atoms with E-state index < -0.39 is 12.4 Å². The molecule has 1 aromatic heterocycles. The fraction of sp³-hybridized carbons (Fsp3) is 0.400. The topological polar surface area (TPSA) is 39.2 Å². The molecule has 16 heavy (non-hydrogen) atoms. The van der Waals surface area contributed by atoms with E-state index >= 15 is 0 Å². The Kier molecular flexibility index (Phi) is 4.57. The van der Waals surface area contributed by atoms with Gasteiger partial charge in [-0.15, -0.1) is 0 Å². The van der Waals surface area contributed by atoms with E-state index in [0.717, 1.165) is 0 Å². The Hall–Kier alpha value is -0.790. The number of halogens is 3. The summed E-state index contributed by atoms with van der Waals surface area (Å²) < 4.78 is 30.2. The normalized spacial score (nSPS) is 10.6. The number of pyridine rings is 1. The van der Waals surface area contributed by atoms with Crippen LogP contribution >= 0.6 is 22.6 Å². The number of alkyl halides is 2. The van der Waals surface area contributed by atoms with Gasteiger partial charge in [0.05, 0.1) is 19.2 Å². The number of rotatable bonds is 3. The highest BCUT2D eigenvalue weighted by atomic mass is 127. The first-order valence-corrected chi connectivity index (χ1v) is 5.54. The highest BCUT2D eigenvalue weighted by molar-refractivity contribution is 14.1. The molecule has 0 N–H and O–H groups in total. The van der Waals surface area contributed by atoms with Crippen LogP contribution in [0.5, 0.6) is 0 Å². The van der Waals surface area contributed by atoms with Crippen LogP contribution in [0.1, 0.15) is 23.2 Å². The van der Waals surface area contributed by atoms with Crippen LogP contribution in [-0.4, -0.2) is 18.1 Å². The van der Waals surface area contributed by atoms with E-state index in [2.05, 4.69) is 9.72 Å². The number of ether oxygens (including phenoxy) is 1. The summed E-state index contributed by atoms with van der Waals surface area (Å²) in [6, 6.07) is 1.32. The van der Waals surface area contributed by atoms with Gasteiger partial charge in [-0.2, -0.15) is 0 Å². The highest BCUT2D eigenvalue weighted by Crippen LogP contribution is 2.25. The maximum Gasteiger partial charge on any atom is 0.311 e. The Morgan fingerprint density at radius 1 is 1.62 bits per heavy atom. The molecule has 0 atom stereocenters. The molecule has 1 aromatic rings. The van der Waals surface area contributed by atoms with Gasteiger partial charge in [0.15, 0.2) is 0 Å². The van der Waals surface area contributed by atoms with Crippen molar-refractivity contribution in [2.24, 2.45) is 0 Å². The molecule has 0 amide bonds. The molecule has 3 nitrogen and oxygen atoms in total. The lowest BCUT2D eigenvalue weighted by atomic mass is 10.1. The number of aromatic nitrogens is 1. The minimum atomic E-state index is -2.56. The zero-order valence-electron chi connectivity index (χ0n) is 8.76. The van der Waals surface area contributed by atoms with Crippen LogP contribution in [0.15, 0.2) is 6.07 Å². The molecule has 0 saturated carbocycles. The smallest absolute Gasteiger partial charge is 0.311 e. The lowest BCUT2D eigenvalue weighted by Gasteiger charge is -2.10. The summed E-state index contributed by atoms with van der Waals surface area (Å²) >= 11 is 1.84. The van der Waals surface area contributed by atoms with Gasteiger partial charge in [-0.25, -0.2) is 13.8 Å². The molecule has 1 rings (SSSR count). The van der Waals surface area contributed by atoms with E-state index in [1.54, 1.807) is 0 Å². The van der Waals surface area contributed by atoms with Gasteiger partial charge in [-0.1, -0.05) is 0 Å². The molecule has 0 aliphatic heterocycles. The SMILES string of the molecule is COC(=O)Cc1nc(I)cc(C(F)F)c1C. The molecule has 0 spiro atoms. The van der Waals surface area contributed by atoms with Crippen molar-refractivity contribution in [3.05, 3.63) is 26.6 Å². The van der Waals surface area contributed by atoms with Gasteiger partial charge in [0, 0.05) is 5.56 Å². The lowest BCUT2D eigenvalue weighted by Crippen LogP contribution is -2.10. The standard InChI is InChI=1S/C10H10F2INO2/c1-5-6(10(11)12)3-8(13)14-7(5)4-9(15)16-2/h3,10H,4H2,1-2H3. The lowest BCUT2D eigenvalue weighted by molar-refractivity contribution is -0.139. The van der Waals surface area contributed by atoms with Crippen molar-refractivity contribution < 1.29 is 18.3 Å². The van der Waals surface area contributed by atoms with E-state index in [9.17, 15) is 13.6 Å². The van der Waals surface area contributed by atoms with Crippen molar-refractivity contribution >= 4 is 28.6 Å². The highest BCUT2D eigenvalue weighted by Gasteiger charge is 2.17. The zero-order valence-corrected chi connectivity index (χ0v) is 10.9. The first-order valence-electron chi connectivity index (χ1n) is 4.46. The van der Waals surface area contributed by atoms with Gasteiger partial charge in [-0.05, 0) is 41.1 Å². The van der Waals surface area contributed by atoms with Crippen LogP contribution < -0.4 is 0 Å². The van der Waals surface area contributed by atoms with Gasteiger partial charge in [0.1, 0.15) is 3.70 Å². The average Bonchev–Trinajstić information content (AvgIpc) is 2.22. The molecule has 0 fully saturated rings. The van der Waals surface area contributed by atoms with Crippen LogP contribution in [0.2, 0.25) is 0 Å². The summed E-state index contributed by atoms with van der Waals surface area (Å²) in [5.41, 5.74) is 0.605. The monoisotopic (exact) mass is 341 g/mol. The maximum atomic E-state index is 12.7. The van der Waals surface area contributed by atoms with Gasteiger partial charge in [0.2, 0.25) is 0 Å². The molecule has 0 bridgehead atoms. The van der Waals surface area contributed by atoms with Crippen molar-refractivity contribution in [2.75, 3.05) is 7.11 Å². The number of nitrogens with zero attached hydrogens (tertiary/aromatic N) is 1. The van der Waals surface area contributed by atoms with Crippen molar-refractivity contribution in [2.45, 2.75) is 19.8 Å². The number of carbonyl (C=O) groups excluding carboxylic acids is 1. The minimum absolute atomic E-state index is 0.0844. The second-order valence-corrected chi connectivity index (χ2v) is 4.26. The second kappa shape index (κ2) is 5.51. The molecule has 0 aliphatic rings. The predicted molar refractivity (Wildman–Crippen MR) is 62.4 cm³/mol. The largest absolute Gasteiger partial charge is 0.469 e. The van der Waals surface area contributed by atoms with Crippen molar-refractivity contribution in [3.63, 3.8) is 0 Å². The minimum Gasteiger partial charge on any atom is -0.469 e. The summed E-state index contributed by atoms with van der Waals surface area (Å²) in [4.78, 5) is 15.1. The Bertz CT molecular complexity index is 410. The summed E-state index contributed by atoms with van der Waals surface area (Å²) in [7, 11) is 1.25. The average molecular weight is 341 g/mol. The summed E-state index contributed by atoms with van der Waals surface area (Å²) in [6.45, 7) is 1.53. The molecule has 0 aliphatic carbocycles. The molecule has 0 aromatic carbocycles. The molecule has 6 heteroatoms. The van der Waals surface area contributed by atoms with E-state index in [1.807, 2.05) is 22.6 Å². The van der Waals surface area contributed by atoms with Gasteiger partial charge in [0.25, 0.3) is 6.43 Å². The number of methoxy groups -OCH3 is 1. The van der Waals surface area contributed by atoms with E-state index in [4.69, 9.17) is 0 Å². The van der Waals surface area contributed by atoms with E-state index in [-0.39, 0.29) is 12.0 Å². The van der Waals surface area contributed by atoms with Crippen LogP contribution in [-0.2, 0) is 16.0 Å². The Labute approximate surface area is 105 Å². The van der Waals surface area contributed by atoms with Gasteiger partial charge < -0.3 is 4.74 Å². The Balaban J connectivity index is 3.14. The number of hydrogen-bond donors (Lipinski definition) is 0. The summed E-state index contributed by atoms with van der Waals surface area (Å²) in [6.07, 6.45) is -2.65.